The van der Waals surface area contributed by atoms with Crippen molar-refractivity contribution >= 4 is 28.7 Å². The number of carbonyl (C=O) groups is 1. The first-order valence-corrected chi connectivity index (χ1v) is 8.39. The number of rotatable bonds is 5. The lowest BCUT2D eigenvalue weighted by molar-refractivity contribution is 0.102. The fraction of sp³-hybridized carbons (Fsp3) is 0.143. The van der Waals surface area contributed by atoms with E-state index in [4.69, 9.17) is 0 Å². The summed E-state index contributed by atoms with van der Waals surface area (Å²) in [5.74, 6) is -0.185. The van der Waals surface area contributed by atoms with E-state index < -0.39 is 0 Å². The quantitative estimate of drug-likeness (QED) is 0.716. The zero-order valence-electron chi connectivity index (χ0n) is 15.2. The summed E-state index contributed by atoms with van der Waals surface area (Å²) in [5.41, 5.74) is 5.19. The zero-order chi connectivity index (χ0) is 18.5. The van der Waals surface area contributed by atoms with E-state index in [0.29, 0.717) is 5.56 Å². The summed E-state index contributed by atoms with van der Waals surface area (Å²) in [5, 5.41) is 6.18. The zero-order valence-corrected chi connectivity index (χ0v) is 15.2. The molecule has 3 aromatic rings. The summed E-state index contributed by atoms with van der Waals surface area (Å²) in [6, 6.07) is 17.5. The first kappa shape index (κ1) is 17.5. The number of pyridine rings is 1. The van der Waals surface area contributed by atoms with Gasteiger partial charge in [-0.1, -0.05) is 12.1 Å². The third kappa shape index (κ3) is 4.39. The second-order valence-electron chi connectivity index (χ2n) is 6.35. The number of nitrogens with zero attached hydrogens (tertiary/aromatic N) is 2. The van der Waals surface area contributed by atoms with Crippen molar-refractivity contribution in [3.8, 4) is 0 Å². The lowest BCUT2D eigenvalue weighted by Crippen LogP contribution is -2.12. The van der Waals surface area contributed by atoms with Crippen LogP contribution in [0.25, 0.3) is 0 Å². The Labute approximate surface area is 153 Å². The molecule has 0 bridgehead atoms. The Hall–Kier alpha value is -3.34. The normalized spacial score (nSPS) is 10.3. The lowest BCUT2D eigenvalue weighted by Gasteiger charge is -2.13. The molecule has 1 heterocycles. The van der Waals surface area contributed by atoms with E-state index in [-0.39, 0.29) is 5.91 Å². The molecule has 26 heavy (non-hydrogen) atoms. The van der Waals surface area contributed by atoms with Crippen LogP contribution in [0.3, 0.4) is 0 Å². The molecule has 0 aliphatic carbocycles. The first-order chi connectivity index (χ1) is 12.5. The monoisotopic (exact) mass is 346 g/mol. The molecule has 0 fully saturated rings. The van der Waals surface area contributed by atoms with E-state index in [9.17, 15) is 4.79 Å². The maximum atomic E-state index is 12.5. The van der Waals surface area contributed by atoms with Gasteiger partial charge in [0.15, 0.2) is 0 Å². The van der Waals surface area contributed by atoms with Gasteiger partial charge in [-0.3, -0.25) is 9.78 Å². The molecule has 0 unspecified atom stereocenters. The Bertz CT molecular complexity index is 904. The predicted molar refractivity (Wildman–Crippen MR) is 107 cm³/mol. The Morgan fingerprint density at radius 3 is 2.38 bits per heavy atom. The Balaban J connectivity index is 1.72. The van der Waals surface area contributed by atoms with Gasteiger partial charge in [-0.2, -0.15) is 0 Å². The van der Waals surface area contributed by atoms with Crippen molar-refractivity contribution in [1.82, 2.24) is 4.98 Å². The smallest absolute Gasteiger partial charge is 0.257 e. The van der Waals surface area contributed by atoms with Crippen molar-refractivity contribution < 1.29 is 4.79 Å². The summed E-state index contributed by atoms with van der Waals surface area (Å²) >= 11 is 0. The molecule has 2 aromatic carbocycles. The van der Waals surface area contributed by atoms with Crippen LogP contribution in [0.5, 0.6) is 0 Å². The number of aromatic nitrogens is 1. The Morgan fingerprint density at radius 1 is 0.923 bits per heavy atom. The van der Waals surface area contributed by atoms with Crippen LogP contribution in [0.4, 0.5) is 22.7 Å². The van der Waals surface area contributed by atoms with Crippen LogP contribution in [-0.2, 0) is 0 Å². The molecular weight excluding hydrogens is 324 g/mol. The average molecular weight is 346 g/mol. The first-order valence-electron chi connectivity index (χ1n) is 8.39. The van der Waals surface area contributed by atoms with E-state index >= 15 is 0 Å². The minimum Gasteiger partial charge on any atom is -0.378 e. The second-order valence-corrected chi connectivity index (χ2v) is 6.35. The van der Waals surface area contributed by atoms with Gasteiger partial charge in [-0.05, 0) is 55.0 Å². The topological polar surface area (TPSA) is 57.3 Å². The van der Waals surface area contributed by atoms with Gasteiger partial charge >= 0.3 is 0 Å². The molecule has 0 aliphatic rings. The van der Waals surface area contributed by atoms with Crippen molar-refractivity contribution in [2.24, 2.45) is 0 Å². The highest BCUT2D eigenvalue weighted by Crippen LogP contribution is 2.20. The minimum absolute atomic E-state index is 0.185. The number of aryl methyl sites for hydroxylation is 1. The largest absolute Gasteiger partial charge is 0.378 e. The molecule has 5 nitrogen and oxygen atoms in total. The summed E-state index contributed by atoms with van der Waals surface area (Å²) in [6.45, 7) is 1.99. The van der Waals surface area contributed by atoms with Gasteiger partial charge in [0.1, 0.15) is 0 Å². The molecule has 1 aromatic heterocycles. The number of hydrogen-bond donors (Lipinski definition) is 2. The van der Waals surface area contributed by atoms with Crippen LogP contribution in [-0.4, -0.2) is 25.0 Å². The van der Waals surface area contributed by atoms with Crippen molar-refractivity contribution in [3.05, 3.63) is 78.1 Å². The molecule has 0 spiro atoms. The van der Waals surface area contributed by atoms with Crippen molar-refractivity contribution in [2.75, 3.05) is 29.6 Å². The predicted octanol–water partition coefficient (Wildman–Crippen LogP) is 4.45. The fourth-order valence-electron chi connectivity index (χ4n) is 2.57. The second kappa shape index (κ2) is 7.70. The number of benzene rings is 2. The molecule has 132 valence electrons. The van der Waals surface area contributed by atoms with Crippen LogP contribution >= 0.6 is 0 Å². The molecule has 3 rings (SSSR count). The summed E-state index contributed by atoms with van der Waals surface area (Å²) in [6.07, 6.45) is 3.26. The van der Waals surface area contributed by atoms with Crippen LogP contribution < -0.4 is 15.5 Å². The summed E-state index contributed by atoms with van der Waals surface area (Å²) in [4.78, 5) is 18.7. The van der Waals surface area contributed by atoms with E-state index in [1.165, 1.54) is 0 Å². The molecule has 5 heteroatoms. The Morgan fingerprint density at radius 2 is 1.69 bits per heavy atom. The minimum atomic E-state index is -0.185. The molecule has 0 saturated heterocycles. The molecule has 0 saturated carbocycles. The molecule has 1 amide bonds. The fourth-order valence-corrected chi connectivity index (χ4v) is 2.57. The van der Waals surface area contributed by atoms with Gasteiger partial charge in [-0.25, -0.2) is 0 Å². The highest BCUT2D eigenvalue weighted by Gasteiger charge is 2.08. The van der Waals surface area contributed by atoms with E-state index in [1.807, 2.05) is 74.4 Å². The highest BCUT2D eigenvalue weighted by molar-refractivity contribution is 6.04. The third-order valence-corrected chi connectivity index (χ3v) is 3.95. The van der Waals surface area contributed by atoms with Crippen LogP contribution in [0, 0.1) is 6.92 Å². The third-order valence-electron chi connectivity index (χ3n) is 3.95. The standard InChI is InChI=1S/C21H22N4O/c1-15-5-4-6-18(11-15)24-21(26)16-12-19(14-22-13-16)23-17-7-9-20(10-8-17)25(2)3/h4-14,23H,1-3H3,(H,24,26). The molecule has 0 atom stereocenters. The van der Waals surface area contributed by atoms with Gasteiger partial charge < -0.3 is 15.5 Å². The number of amides is 1. The lowest BCUT2D eigenvalue weighted by atomic mass is 10.2. The van der Waals surface area contributed by atoms with Gasteiger partial charge in [-0.15, -0.1) is 0 Å². The van der Waals surface area contributed by atoms with E-state index in [1.54, 1.807) is 18.5 Å². The van der Waals surface area contributed by atoms with Crippen molar-refractivity contribution in [1.29, 1.82) is 0 Å². The highest BCUT2D eigenvalue weighted by atomic mass is 16.1. The van der Waals surface area contributed by atoms with Crippen molar-refractivity contribution in [3.63, 3.8) is 0 Å². The van der Waals surface area contributed by atoms with Gasteiger partial charge in [0.05, 0.1) is 17.4 Å². The van der Waals surface area contributed by atoms with Crippen LogP contribution in [0.2, 0.25) is 0 Å². The average Bonchev–Trinajstić information content (AvgIpc) is 2.62. The summed E-state index contributed by atoms with van der Waals surface area (Å²) < 4.78 is 0. The van der Waals surface area contributed by atoms with Gasteiger partial charge in [0.2, 0.25) is 0 Å². The molecule has 0 radical (unpaired) electrons. The summed E-state index contributed by atoms with van der Waals surface area (Å²) in [7, 11) is 4.01. The number of nitrogens with one attached hydrogen (secondary N) is 2. The number of anilines is 4. The number of hydrogen-bond acceptors (Lipinski definition) is 4. The maximum Gasteiger partial charge on any atom is 0.257 e. The van der Waals surface area contributed by atoms with Crippen LogP contribution in [0.15, 0.2) is 67.0 Å². The Kier molecular flexibility index (Phi) is 5.17. The van der Waals surface area contributed by atoms with E-state index in [0.717, 1.165) is 28.3 Å². The van der Waals surface area contributed by atoms with Crippen molar-refractivity contribution in [2.45, 2.75) is 6.92 Å². The molecule has 0 aliphatic heterocycles. The molecular formula is C21H22N4O. The van der Waals surface area contributed by atoms with Crippen LogP contribution in [0.1, 0.15) is 15.9 Å². The van der Waals surface area contributed by atoms with Gasteiger partial charge in [0.25, 0.3) is 5.91 Å². The maximum absolute atomic E-state index is 12.5. The molecule has 2 N–H and O–H groups in total. The van der Waals surface area contributed by atoms with E-state index in [2.05, 4.69) is 15.6 Å². The van der Waals surface area contributed by atoms with Gasteiger partial charge in [0, 0.05) is 37.4 Å². The number of carbonyl (C=O) groups excluding carboxylic acids is 1. The SMILES string of the molecule is Cc1cccc(NC(=O)c2cncc(Nc3ccc(N(C)C)cc3)c2)c1.